The fraction of sp³-hybridized carbons (Fsp3) is 0.138. The Morgan fingerprint density at radius 1 is 0.732 bits per heavy atom. The molecule has 0 fully saturated rings. The maximum Gasteiger partial charge on any atom is 0.343 e. The molecule has 12 heteroatoms. The van der Waals surface area contributed by atoms with Gasteiger partial charge in [-0.15, -0.1) is 0 Å². The molecular weight excluding hydrogens is 575 g/mol. The molecule has 0 aliphatic rings. The largest absolute Gasteiger partial charge is 0.487 e. The molecule has 0 aromatic heterocycles. The van der Waals surface area contributed by atoms with Crippen molar-refractivity contribution in [3.8, 4) is 17.2 Å². The molecule has 1 N–H and O–H groups in total. The molecule has 0 amide bonds. The number of hydrogen-bond acceptors (Lipinski definition) is 8. The van der Waals surface area contributed by atoms with Gasteiger partial charge in [0.05, 0.1) is 0 Å². The number of carbonyl (C=O) groups is 1. The molecule has 0 unspecified atom stereocenters. The van der Waals surface area contributed by atoms with Gasteiger partial charge in [-0.1, -0.05) is 47.5 Å². The Labute approximate surface area is 237 Å². The highest BCUT2D eigenvalue weighted by Gasteiger charge is 2.30. The van der Waals surface area contributed by atoms with Gasteiger partial charge in [-0.2, -0.15) is 16.8 Å². The third-order valence-corrected chi connectivity index (χ3v) is 8.47. The van der Waals surface area contributed by atoms with E-state index in [1.54, 1.807) is 26.0 Å². The average molecular weight is 601 g/mol. The predicted molar refractivity (Wildman–Crippen MR) is 147 cm³/mol. The maximum atomic E-state index is 13.4. The first kappa shape index (κ1) is 29.6. The number of hydrogen-bond donors (Lipinski definition) is 1. The summed E-state index contributed by atoms with van der Waals surface area (Å²) < 4.78 is 82.1. The van der Waals surface area contributed by atoms with E-state index in [4.69, 9.17) is 13.1 Å². The average Bonchev–Trinajstić information content (AvgIpc) is 2.90. The fourth-order valence-corrected chi connectivity index (χ4v) is 5.63. The highest BCUT2D eigenvalue weighted by molar-refractivity contribution is 7.87. The summed E-state index contributed by atoms with van der Waals surface area (Å²) in [5.74, 6) is -3.65. The van der Waals surface area contributed by atoms with Crippen molar-refractivity contribution in [3.63, 3.8) is 0 Å². The lowest BCUT2D eigenvalue weighted by Gasteiger charge is -2.19. The van der Waals surface area contributed by atoms with Crippen molar-refractivity contribution in [2.24, 2.45) is 0 Å². The first-order chi connectivity index (χ1) is 19.3. The number of rotatable bonds is 10. The van der Waals surface area contributed by atoms with Crippen molar-refractivity contribution >= 4 is 26.2 Å². The van der Waals surface area contributed by atoms with Crippen LogP contribution in [0, 0.1) is 26.6 Å². The monoisotopic (exact) mass is 600 g/mol. The van der Waals surface area contributed by atoms with E-state index in [2.05, 4.69) is 0 Å². The van der Waals surface area contributed by atoms with Crippen LogP contribution >= 0.6 is 0 Å². The smallest absolute Gasteiger partial charge is 0.343 e. The number of halogens is 1. The second-order valence-electron chi connectivity index (χ2n) is 9.12. The number of ether oxygens (including phenoxy) is 1. The van der Waals surface area contributed by atoms with Gasteiger partial charge in [-0.3, -0.25) is 0 Å². The van der Waals surface area contributed by atoms with Gasteiger partial charge in [0.15, 0.2) is 11.5 Å². The molecule has 0 saturated heterocycles. The van der Waals surface area contributed by atoms with Crippen LogP contribution in [0.5, 0.6) is 17.2 Å². The van der Waals surface area contributed by atoms with Crippen LogP contribution in [0.15, 0.2) is 88.7 Å². The van der Waals surface area contributed by atoms with E-state index in [0.717, 1.165) is 17.2 Å². The van der Waals surface area contributed by atoms with Gasteiger partial charge in [-0.05, 0) is 62.7 Å². The molecule has 9 nitrogen and oxygen atoms in total. The number of aryl methyl sites for hydroxylation is 2. The van der Waals surface area contributed by atoms with Crippen LogP contribution in [-0.4, -0.2) is 27.9 Å². The molecule has 4 aromatic rings. The van der Waals surface area contributed by atoms with Gasteiger partial charge < -0.3 is 18.2 Å². The van der Waals surface area contributed by atoms with Crippen LogP contribution in [0.25, 0.3) is 0 Å². The standard InChI is InChI=1S/C29H25FO9S2/c1-18-4-12-23(13-5-18)40(33,34)38-25-16-26(39-41(35,36)24-14-6-19(2)7-15-24)27(29(31)32)28(20(25)3)37-17-21-8-10-22(30)11-9-21/h4-16H,17H2,1-3H3,(H,31,32). The molecule has 0 aliphatic carbocycles. The molecule has 0 aliphatic heterocycles. The summed E-state index contributed by atoms with van der Waals surface area (Å²) in [7, 11) is -9.01. The summed E-state index contributed by atoms with van der Waals surface area (Å²) >= 11 is 0. The molecule has 4 rings (SSSR count). The Balaban J connectivity index is 1.84. The van der Waals surface area contributed by atoms with Crippen LogP contribution in [0.3, 0.4) is 0 Å². The van der Waals surface area contributed by atoms with Crippen LogP contribution in [0.2, 0.25) is 0 Å². The Morgan fingerprint density at radius 2 is 1.20 bits per heavy atom. The van der Waals surface area contributed by atoms with Gasteiger partial charge in [0.25, 0.3) is 0 Å². The summed E-state index contributed by atoms with van der Waals surface area (Å²) in [6.45, 7) is 4.61. The van der Waals surface area contributed by atoms with E-state index in [0.29, 0.717) is 5.56 Å². The second-order valence-corrected chi connectivity index (χ2v) is 12.2. The van der Waals surface area contributed by atoms with E-state index in [-0.39, 0.29) is 22.0 Å². The van der Waals surface area contributed by atoms with Crippen molar-refractivity contribution in [3.05, 3.63) is 112 Å². The third-order valence-electron chi connectivity index (χ3n) is 5.97. The molecule has 0 bridgehead atoms. The third kappa shape index (κ3) is 6.84. The lowest BCUT2D eigenvalue weighted by atomic mass is 10.1. The summed E-state index contributed by atoms with van der Waals surface area (Å²) in [4.78, 5) is 12.0. The molecule has 0 saturated carbocycles. The summed E-state index contributed by atoms with van der Waals surface area (Å²) in [6, 6.07) is 17.5. The van der Waals surface area contributed by atoms with Crippen LogP contribution in [0.1, 0.15) is 32.6 Å². The zero-order valence-electron chi connectivity index (χ0n) is 22.1. The van der Waals surface area contributed by atoms with Gasteiger partial charge in [-0.25, -0.2) is 9.18 Å². The minimum absolute atomic E-state index is 0.0553. The zero-order chi connectivity index (χ0) is 29.9. The minimum Gasteiger partial charge on any atom is -0.487 e. The Kier molecular flexibility index (Phi) is 8.36. The van der Waals surface area contributed by atoms with Crippen molar-refractivity contribution < 1.29 is 44.2 Å². The van der Waals surface area contributed by atoms with E-state index in [1.807, 2.05) is 0 Å². The lowest BCUT2D eigenvalue weighted by molar-refractivity contribution is 0.0689. The van der Waals surface area contributed by atoms with Crippen molar-refractivity contribution in [1.29, 1.82) is 0 Å². The predicted octanol–water partition coefficient (Wildman–Crippen LogP) is 5.56. The highest BCUT2D eigenvalue weighted by atomic mass is 32.2. The zero-order valence-corrected chi connectivity index (χ0v) is 23.8. The molecule has 0 atom stereocenters. The SMILES string of the molecule is Cc1ccc(S(=O)(=O)Oc2cc(OS(=O)(=O)c3ccc(C)cc3)c(C(=O)O)c(OCc3ccc(F)cc3)c2C)cc1. The summed E-state index contributed by atoms with van der Waals surface area (Å²) in [5.41, 5.74) is 1.30. The van der Waals surface area contributed by atoms with Crippen LogP contribution < -0.4 is 13.1 Å². The van der Waals surface area contributed by atoms with Crippen molar-refractivity contribution in [1.82, 2.24) is 0 Å². The molecule has 0 heterocycles. The molecule has 41 heavy (non-hydrogen) atoms. The number of carboxylic acid groups (broad SMARTS) is 1. The van der Waals surface area contributed by atoms with Crippen molar-refractivity contribution in [2.45, 2.75) is 37.2 Å². The van der Waals surface area contributed by atoms with Gasteiger partial charge in [0.1, 0.15) is 33.5 Å². The molecule has 0 spiro atoms. The number of aromatic carboxylic acids is 1. The van der Waals surface area contributed by atoms with Crippen LogP contribution in [0.4, 0.5) is 4.39 Å². The topological polar surface area (TPSA) is 133 Å². The van der Waals surface area contributed by atoms with Gasteiger partial charge >= 0.3 is 26.2 Å². The summed E-state index contributed by atoms with van der Waals surface area (Å²) in [6.07, 6.45) is 0. The molecule has 4 aromatic carbocycles. The van der Waals surface area contributed by atoms with Crippen LogP contribution in [-0.2, 0) is 26.8 Å². The highest BCUT2D eigenvalue weighted by Crippen LogP contribution is 2.41. The van der Waals surface area contributed by atoms with Gasteiger partial charge in [0.2, 0.25) is 0 Å². The Morgan fingerprint density at radius 3 is 1.66 bits per heavy atom. The first-order valence-corrected chi connectivity index (χ1v) is 14.9. The fourth-order valence-electron chi connectivity index (χ4n) is 3.72. The molecule has 214 valence electrons. The number of carboxylic acids is 1. The molecular formula is C29H25FO9S2. The Hall–Kier alpha value is -4.42. The maximum absolute atomic E-state index is 13.4. The normalized spacial score (nSPS) is 11.6. The van der Waals surface area contributed by atoms with Gasteiger partial charge in [0, 0.05) is 11.6 Å². The van der Waals surface area contributed by atoms with E-state index in [9.17, 15) is 31.1 Å². The Bertz CT molecular complexity index is 1800. The quantitative estimate of drug-likeness (QED) is 0.232. The first-order valence-electron chi connectivity index (χ1n) is 12.1. The van der Waals surface area contributed by atoms with E-state index >= 15 is 0 Å². The van der Waals surface area contributed by atoms with E-state index < -0.39 is 54.8 Å². The second kappa shape index (κ2) is 11.6. The molecule has 0 radical (unpaired) electrons. The lowest BCUT2D eigenvalue weighted by Crippen LogP contribution is -2.16. The van der Waals surface area contributed by atoms with E-state index in [1.165, 1.54) is 67.6 Å². The minimum atomic E-state index is -4.57. The summed E-state index contributed by atoms with van der Waals surface area (Å²) in [5, 5.41) is 10.1. The number of benzene rings is 4. The van der Waals surface area contributed by atoms with Crippen molar-refractivity contribution in [2.75, 3.05) is 0 Å².